The highest BCUT2D eigenvalue weighted by molar-refractivity contribution is 5.38. The van der Waals surface area contributed by atoms with Crippen LogP contribution in [0.1, 0.15) is 30.0 Å². The van der Waals surface area contributed by atoms with Gasteiger partial charge in [0, 0.05) is 37.6 Å². The molecule has 0 bridgehead atoms. The molecule has 0 radical (unpaired) electrons. The fourth-order valence-corrected chi connectivity index (χ4v) is 3.98. The Morgan fingerprint density at radius 2 is 2.00 bits per heavy atom. The molecule has 0 amide bonds. The largest absolute Gasteiger partial charge is 0.494 e. The first-order valence-corrected chi connectivity index (χ1v) is 9.87. The van der Waals surface area contributed by atoms with Gasteiger partial charge in [0.25, 0.3) is 0 Å². The molecule has 1 aliphatic heterocycles. The van der Waals surface area contributed by atoms with Crippen molar-refractivity contribution in [3.63, 3.8) is 0 Å². The molecule has 1 N–H and O–H groups in total. The van der Waals surface area contributed by atoms with E-state index in [4.69, 9.17) is 4.74 Å². The zero-order valence-electron chi connectivity index (χ0n) is 16.3. The Kier molecular flexibility index (Phi) is 5.46. The van der Waals surface area contributed by atoms with Crippen molar-refractivity contribution in [3.05, 3.63) is 83.9 Å². The third kappa shape index (κ3) is 4.11. The van der Waals surface area contributed by atoms with E-state index in [9.17, 15) is 5.11 Å². The maximum absolute atomic E-state index is 11.1. The van der Waals surface area contributed by atoms with Gasteiger partial charge in [-0.05, 0) is 36.6 Å². The van der Waals surface area contributed by atoms with Crippen LogP contribution in [0.25, 0.3) is 0 Å². The van der Waals surface area contributed by atoms with Crippen molar-refractivity contribution >= 4 is 0 Å². The maximum atomic E-state index is 11.1. The average Bonchev–Trinajstić information content (AvgIpc) is 3.35. The lowest BCUT2D eigenvalue weighted by atomic mass is 9.93. The first-order chi connectivity index (χ1) is 13.7. The molecule has 1 fully saturated rings. The molecule has 1 saturated heterocycles. The van der Waals surface area contributed by atoms with Crippen molar-refractivity contribution in [2.24, 2.45) is 0 Å². The van der Waals surface area contributed by atoms with Gasteiger partial charge in [-0.3, -0.25) is 4.90 Å². The van der Waals surface area contributed by atoms with Crippen molar-refractivity contribution in [3.8, 4) is 5.75 Å². The molecule has 1 aliphatic rings. The Labute approximate surface area is 166 Å². The molecule has 2 aromatic carbocycles. The summed E-state index contributed by atoms with van der Waals surface area (Å²) in [5.74, 6) is 0.919. The molecule has 146 valence electrons. The predicted molar refractivity (Wildman–Crippen MR) is 109 cm³/mol. The molecule has 1 unspecified atom stereocenters. The fourth-order valence-electron chi connectivity index (χ4n) is 3.98. The van der Waals surface area contributed by atoms with Gasteiger partial charge in [-0.15, -0.1) is 0 Å². The summed E-state index contributed by atoms with van der Waals surface area (Å²) in [4.78, 5) is 6.45. The lowest BCUT2D eigenvalue weighted by Gasteiger charge is -2.24. The van der Waals surface area contributed by atoms with Gasteiger partial charge in [0.2, 0.25) is 0 Å². The summed E-state index contributed by atoms with van der Waals surface area (Å²) in [6.07, 6.45) is 6.33. The van der Waals surface area contributed by atoms with Crippen LogP contribution in [0.5, 0.6) is 5.75 Å². The number of β-amino-alcohol motifs (C(OH)–C–C–N with tert-alkyl or cyclic N) is 1. The highest BCUT2D eigenvalue weighted by atomic mass is 16.5. The zero-order chi connectivity index (χ0) is 19.4. The number of hydrogen-bond donors (Lipinski definition) is 1. The van der Waals surface area contributed by atoms with Crippen LogP contribution in [0.2, 0.25) is 0 Å². The van der Waals surface area contributed by atoms with Gasteiger partial charge in [0.15, 0.2) is 0 Å². The minimum absolute atomic E-state index is 0.645. The molecular formula is C23H27N3O2. The van der Waals surface area contributed by atoms with E-state index < -0.39 is 5.60 Å². The second kappa shape index (κ2) is 8.17. The maximum Gasteiger partial charge on any atom is 0.124 e. The first kappa shape index (κ1) is 18.7. The number of nitrogens with zero attached hydrogens (tertiary/aromatic N) is 3. The molecule has 1 atom stereocenters. The van der Waals surface area contributed by atoms with Gasteiger partial charge >= 0.3 is 0 Å². The molecule has 0 spiro atoms. The van der Waals surface area contributed by atoms with Gasteiger partial charge in [0.1, 0.15) is 11.4 Å². The molecule has 1 aromatic heterocycles. The number of ether oxygens (including phenoxy) is 1. The second-order valence-electron chi connectivity index (χ2n) is 7.47. The van der Waals surface area contributed by atoms with Crippen LogP contribution < -0.4 is 4.74 Å². The average molecular weight is 377 g/mol. The first-order valence-electron chi connectivity index (χ1n) is 9.87. The summed E-state index contributed by atoms with van der Waals surface area (Å²) in [6.45, 7) is 5.74. The minimum Gasteiger partial charge on any atom is -0.494 e. The number of imidazole rings is 1. The number of hydrogen-bond acceptors (Lipinski definition) is 4. The van der Waals surface area contributed by atoms with Crippen molar-refractivity contribution in [2.75, 3.05) is 19.7 Å². The molecular weight excluding hydrogens is 350 g/mol. The third-order valence-corrected chi connectivity index (χ3v) is 5.38. The monoisotopic (exact) mass is 377 g/mol. The van der Waals surface area contributed by atoms with E-state index >= 15 is 0 Å². The van der Waals surface area contributed by atoms with Crippen LogP contribution in [0.4, 0.5) is 0 Å². The van der Waals surface area contributed by atoms with Crippen LogP contribution in [0, 0.1) is 0 Å². The standard InChI is InChI=1S/C23H27N3O2/c1-2-28-22-9-8-19(14-20(22)16-26-13-11-24-18-26)15-25-12-10-23(27,17-25)21-6-4-3-5-7-21/h3-9,11,13-14,18,27H,2,10,12,15-17H2,1H3. The van der Waals surface area contributed by atoms with E-state index in [1.807, 2.05) is 54.3 Å². The molecule has 0 aliphatic carbocycles. The Balaban J connectivity index is 1.49. The molecule has 28 heavy (non-hydrogen) atoms. The summed E-state index contributed by atoms with van der Waals surface area (Å²) in [5, 5.41) is 11.1. The summed E-state index contributed by atoms with van der Waals surface area (Å²) in [7, 11) is 0. The van der Waals surface area contributed by atoms with Gasteiger partial charge in [-0.25, -0.2) is 4.98 Å². The van der Waals surface area contributed by atoms with Crippen molar-refractivity contribution in [1.29, 1.82) is 0 Å². The van der Waals surface area contributed by atoms with Gasteiger partial charge in [0.05, 0.1) is 19.5 Å². The lowest BCUT2D eigenvalue weighted by Crippen LogP contribution is -2.30. The summed E-state index contributed by atoms with van der Waals surface area (Å²) in [5.41, 5.74) is 2.63. The fraction of sp³-hybridized carbons (Fsp3) is 0.348. The number of benzene rings is 2. The Hall–Kier alpha value is -2.63. The Morgan fingerprint density at radius 1 is 1.14 bits per heavy atom. The Bertz CT molecular complexity index is 895. The zero-order valence-corrected chi connectivity index (χ0v) is 16.3. The molecule has 5 heteroatoms. The number of rotatable bonds is 7. The second-order valence-corrected chi connectivity index (χ2v) is 7.47. The highest BCUT2D eigenvalue weighted by Gasteiger charge is 2.37. The van der Waals surface area contributed by atoms with Crippen LogP contribution in [0.15, 0.2) is 67.3 Å². The van der Waals surface area contributed by atoms with E-state index in [-0.39, 0.29) is 0 Å². The number of likely N-dealkylation sites (tertiary alicyclic amines) is 1. The minimum atomic E-state index is -0.758. The van der Waals surface area contributed by atoms with Crippen LogP contribution >= 0.6 is 0 Å². The summed E-state index contributed by atoms with van der Waals surface area (Å²) < 4.78 is 7.86. The van der Waals surface area contributed by atoms with E-state index in [0.717, 1.165) is 42.9 Å². The topological polar surface area (TPSA) is 50.5 Å². The van der Waals surface area contributed by atoms with E-state index in [2.05, 4.69) is 28.1 Å². The summed E-state index contributed by atoms with van der Waals surface area (Å²) >= 11 is 0. The molecule has 2 heterocycles. The van der Waals surface area contributed by atoms with Crippen LogP contribution in [0.3, 0.4) is 0 Å². The van der Waals surface area contributed by atoms with Crippen LogP contribution in [-0.4, -0.2) is 39.3 Å². The SMILES string of the molecule is CCOc1ccc(CN2CCC(O)(c3ccccc3)C2)cc1Cn1ccnc1. The molecule has 0 saturated carbocycles. The third-order valence-electron chi connectivity index (χ3n) is 5.38. The molecule has 4 rings (SSSR count). The number of aliphatic hydroxyl groups is 1. The van der Waals surface area contributed by atoms with Crippen molar-refractivity contribution in [1.82, 2.24) is 14.5 Å². The molecule has 3 aromatic rings. The van der Waals surface area contributed by atoms with E-state index in [1.54, 1.807) is 6.20 Å². The predicted octanol–water partition coefficient (Wildman–Crippen LogP) is 3.42. The van der Waals surface area contributed by atoms with Gasteiger partial charge < -0.3 is 14.4 Å². The molecule has 5 nitrogen and oxygen atoms in total. The van der Waals surface area contributed by atoms with Gasteiger partial charge in [-0.1, -0.05) is 36.4 Å². The normalized spacial score (nSPS) is 19.8. The summed E-state index contributed by atoms with van der Waals surface area (Å²) in [6, 6.07) is 16.4. The van der Waals surface area contributed by atoms with Crippen molar-refractivity contribution < 1.29 is 9.84 Å². The highest BCUT2D eigenvalue weighted by Crippen LogP contribution is 2.33. The lowest BCUT2D eigenvalue weighted by molar-refractivity contribution is 0.0453. The quantitative estimate of drug-likeness (QED) is 0.685. The number of aromatic nitrogens is 2. The van der Waals surface area contributed by atoms with Crippen LogP contribution in [-0.2, 0) is 18.7 Å². The van der Waals surface area contributed by atoms with Crippen molar-refractivity contribution in [2.45, 2.75) is 32.0 Å². The van der Waals surface area contributed by atoms with E-state index in [1.165, 1.54) is 5.56 Å². The van der Waals surface area contributed by atoms with Gasteiger partial charge in [-0.2, -0.15) is 0 Å². The van der Waals surface area contributed by atoms with E-state index in [0.29, 0.717) is 13.2 Å². The smallest absolute Gasteiger partial charge is 0.124 e. The Morgan fingerprint density at radius 3 is 2.75 bits per heavy atom.